The van der Waals surface area contributed by atoms with Crippen molar-refractivity contribution in [2.75, 3.05) is 7.05 Å². The number of nitrogens with one attached hydrogen (secondary N) is 1. The van der Waals surface area contributed by atoms with Crippen molar-refractivity contribution in [1.82, 2.24) is 15.4 Å². The Labute approximate surface area is 136 Å². The number of rotatable bonds is 3. The molecule has 2 unspecified atom stereocenters. The Morgan fingerprint density at radius 1 is 1.39 bits per heavy atom. The second-order valence-corrected chi connectivity index (χ2v) is 6.60. The van der Waals surface area contributed by atoms with E-state index in [0.717, 1.165) is 17.9 Å². The van der Waals surface area contributed by atoms with Crippen LogP contribution in [0.4, 0.5) is 4.79 Å². The zero-order valence-electron chi connectivity index (χ0n) is 14.1. The standard InChI is InChI=1S/C18H23N3O2/c1-11-5-6-14-8-12(2)17(16(14)7-11)19-18(22)21(4)10-15-9-13(3)23-20-15/h5-7,9,12,17H,8,10H2,1-4H3,(H,19,22). The summed E-state index contributed by atoms with van der Waals surface area (Å²) < 4.78 is 5.05. The van der Waals surface area contributed by atoms with Crippen molar-refractivity contribution >= 4 is 6.03 Å². The number of urea groups is 1. The summed E-state index contributed by atoms with van der Waals surface area (Å²) in [5.74, 6) is 1.15. The zero-order chi connectivity index (χ0) is 16.6. The number of carbonyl (C=O) groups is 1. The lowest BCUT2D eigenvalue weighted by atomic mass is 10.0. The first-order valence-electron chi connectivity index (χ1n) is 7.97. The van der Waals surface area contributed by atoms with Crippen molar-refractivity contribution in [3.05, 3.63) is 52.4 Å². The topological polar surface area (TPSA) is 58.4 Å². The fourth-order valence-corrected chi connectivity index (χ4v) is 3.23. The number of fused-ring (bicyclic) bond motifs is 1. The number of benzene rings is 1. The fraction of sp³-hybridized carbons (Fsp3) is 0.444. The summed E-state index contributed by atoms with van der Waals surface area (Å²) in [7, 11) is 1.77. The molecule has 1 aliphatic carbocycles. The minimum absolute atomic E-state index is 0.0684. The van der Waals surface area contributed by atoms with Crippen molar-refractivity contribution in [1.29, 1.82) is 0 Å². The Morgan fingerprint density at radius 2 is 2.17 bits per heavy atom. The molecule has 0 aliphatic heterocycles. The predicted molar refractivity (Wildman–Crippen MR) is 88.0 cm³/mol. The van der Waals surface area contributed by atoms with Crippen LogP contribution >= 0.6 is 0 Å². The molecule has 1 aliphatic rings. The van der Waals surface area contributed by atoms with Crippen LogP contribution in [-0.4, -0.2) is 23.1 Å². The minimum Gasteiger partial charge on any atom is -0.361 e. The van der Waals surface area contributed by atoms with Gasteiger partial charge in [-0.05, 0) is 37.3 Å². The van der Waals surface area contributed by atoms with Crippen LogP contribution in [0.2, 0.25) is 0 Å². The van der Waals surface area contributed by atoms with Crippen molar-refractivity contribution < 1.29 is 9.32 Å². The van der Waals surface area contributed by atoms with Gasteiger partial charge in [0.1, 0.15) is 11.5 Å². The molecule has 122 valence electrons. The normalized spacial score (nSPS) is 19.5. The third kappa shape index (κ3) is 3.23. The molecule has 23 heavy (non-hydrogen) atoms. The lowest BCUT2D eigenvalue weighted by molar-refractivity contribution is 0.198. The highest BCUT2D eigenvalue weighted by molar-refractivity contribution is 5.74. The fourth-order valence-electron chi connectivity index (χ4n) is 3.23. The van der Waals surface area contributed by atoms with Gasteiger partial charge in [-0.15, -0.1) is 0 Å². The van der Waals surface area contributed by atoms with Gasteiger partial charge in [-0.25, -0.2) is 4.79 Å². The Balaban J connectivity index is 1.69. The van der Waals surface area contributed by atoms with E-state index in [1.165, 1.54) is 16.7 Å². The monoisotopic (exact) mass is 313 g/mol. The number of hydrogen-bond acceptors (Lipinski definition) is 3. The Morgan fingerprint density at radius 3 is 2.87 bits per heavy atom. The van der Waals surface area contributed by atoms with Crippen LogP contribution in [-0.2, 0) is 13.0 Å². The molecule has 5 heteroatoms. The first-order chi connectivity index (χ1) is 10.9. The largest absolute Gasteiger partial charge is 0.361 e. The molecule has 1 heterocycles. The van der Waals surface area contributed by atoms with Crippen LogP contribution in [0, 0.1) is 19.8 Å². The number of aromatic nitrogens is 1. The van der Waals surface area contributed by atoms with Gasteiger partial charge in [-0.1, -0.05) is 35.8 Å². The molecule has 5 nitrogen and oxygen atoms in total. The first kappa shape index (κ1) is 15.6. The molecule has 2 amide bonds. The highest BCUT2D eigenvalue weighted by atomic mass is 16.5. The maximum atomic E-state index is 12.5. The molecular formula is C18H23N3O2. The summed E-state index contributed by atoms with van der Waals surface area (Å²) in [6.07, 6.45) is 1.01. The Kier molecular flexibility index (Phi) is 4.11. The number of amides is 2. The quantitative estimate of drug-likeness (QED) is 0.945. The lowest BCUT2D eigenvalue weighted by Gasteiger charge is -2.23. The average molecular weight is 313 g/mol. The van der Waals surface area contributed by atoms with Crippen LogP contribution < -0.4 is 5.32 Å². The van der Waals surface area contributed by atoms with Crippen molar-refractivity contribution in [3.8, 4) is 0 Å². The molecule has 0 bridgehead atoms. The summed E-state index contributed by atoms with van der Waals surface area (Å²) in [6.45, 7) is 6.55. The van der Waals surface area contributed by atoms with Crippen LogP contribution in [0.1, 0.15) is 41.1 Å². The number of aryl methyl sites for hydroxylation is 2. The van der Waals surface area contributed by atoms with E-state index in [9.17, 15) is 4.79 Å². The van der Waals surface area contributed by atoms with Crippen molar-refractivity contribution in [3.63, 3.8) is 0 Å². The summed E-state index contributed by atoms with van der Waals surface area (Å²) in [4.78, 5) is 14.1. The highest BCUT2D eigenvalue weighted by Crippen LogP contribution is 2.36. The van der Waals surface area contributed by atoms with Crippen LogP contribution in [0.5, 0.6) is 0 Å². The van der Waals surface area contributed by atoms with E-state index in [0.29, 0.717) is 12.5 Å². The van der Waals surface area contributed by atoms with Gasteiger partial charge >= 0.3 is 6.03 Å². The SMILES string of the molecule is Cc1ccc2c(c1)C(NC(=O)N(C)Cc1cc(C)on1)C(C)C2. The molecule has 2 atom stereocenters. The molecular weight excluding hydrogens is 290 g/mol. The second-order valence-electron chi connectivity index (χ2n) is 6.60. The zero-order valence-corrected chi connectivity index (χ0v) is 14.1. The molecule has 0 spiro atoms. The molecule has 1 aromatic carbocycles. The molecule has 1 N–H and O–H groups in total. The second kappa shape index (κ2) is 6.07. The molecule has 3 rings (SSSR count). The highest BCUT2D eigenvalue weighted by Gasteiger charge is 2.31. The summed E-state index contributed by atoms with van der Waals surface area (Å²) in [5.41, 5.74) is 4.57. The number of carbonyl (C=O) groups excluding carboxylic acids is 1. The Hall–Kier alpha value is -2.30. The van der Waals surface area contributed by atoms with Gasteiger partial charge in [0.05, 0.1) is 12.6 Å². The van der Waals surface area contributed by atoms with Gasteiger partial charge in [0.25, 0.3) is 0 Å². The average Bonchev–Trinajstić information content (AvgIpc) is 3.03. The maximum absolute atomic E-state index is 12.5. The summed E-state index contributed by atoms with van der Waals surface area (Å²) in [5, 5.41) is 7.10. The van der Waals surface area contributed by atoms with E-state index in [4.69, 9.17) is 4.52 Å². The third-order valence-corrected chi connectivity index (χ3v) is 4.45. The molecule has 0 fully saturated rings. The van der Waals surface area contributed by atoms with E-state index in [-0.39, 0.29) is 12.1 Å². The van der Waals surface area contributed by atoms with Crippen LogP contribution in [0.25, 0.3) is 0 Å². The molecule has 1 aromatic heterocycles. The minimum atomic E-state index is -0.0862. The van der Waals surface area contributed by atoms with Gasteiger partial charge in [-0.2, -0.15) is 0 Å². The van der Waals surface area contributed by atoms with Crippen LogP contribution in [0.3, 0.4) is 0 Å². The summed E-state index contributed by atoms with van der Waals surface area (Å²) in [6, 6.07) is 8.32. The molecule has 0 saturated heterocycles. The van der Waals surface area contributed by atoms with E-state index < -0.39 is 0 Å². The van der Waals surface area contributed by atoms with E-state index in [2.05, 4.69) is 42.5 Å². The van der Waals surface area contributed by atoms with Gasteiger partial charge in [-0.3, -0.25) is 0 Å². The van der Waals surface area contributed by atoms with Crippen molar-refractivity contribution in [2.45, 2.75) is 39.8 Å². The Bertz CT molecular complexity index is 723. The predicted octanol–water partition coefficient (Wildman–Crippen LogP) is 3.37. The van der Waals surface area contributed by atoms with Gasteiger partial charge in [0, 0.05) is 13.1 Å². The van der Waals surface area contributed by atoms with Gasteiger partial charge in [0.15, 0.2) is 0 Å². The van der Waals surface area contributed by atoms with Gasteiger partial charge in [0.2, 0.25) is 0 Å². The third-order valence-electron chi connectivity index (χ3n) is 4.45. The summed E-state index contributed by atoms with van der Waals surface area (Å²) >= 11 is 0. The number of hydrogen-bond donors (Lipinski definition) is 1. The lowest BCUT2D eigenvalue weighted by Crippen LogP contribution is -2.40. The molecule has 0 radical (unpaired) electrons. The maximum Gasteiger partial charge on any atom is 0.317 e. The van der Waals surface area contributed by atoms with Gasteiger partial charge < -0.3 is 14.7 Å². The van der Waals surface area contributed by atoms with E-state index in [1.54, 1.807) is 11.9 Å². The number of nitrogens with zero attached hydrogens (tertiary/aromatic N) is 2. The molecule has 0 saturated carbocycles. The van der Waals surface area contributed by atoms with E-state index in [1.807, 2.05) is 13.0 Å². The van der Waals surface area contributed by atoms with Crippen molar-refractivity contribution in [2.24, 2.45) is 5.92 Å². The van der Waals surface area contributed by atoms with E-state index >= 15 is 0 Å². The van der Waals surface area contributed by atoms with Crippen LogP contribution in [0.15, 0.2) is 28.8 Å². The molecule has 2 aromatic rings. The smallest absolute Gasteiger partial charge is 0.317 e. The first-order valence-corrected chi connectivity index (χ1v) is 7.97.